The minimum absolute atomic E-state index is 0.123. The minimum atomic E-state index is -5.84. The Bertz CT molecular complexity index is 842. The van der Waals surface area contributed by atoms with Gasteiger partial charge in [-0.2, -0.15) is 26.3 Å². The third kappa shape index (κ3) is 2.52. The van der Waals surface area contributed by atoms with E-state index >= 15 is 0 Å². The summed E-state index contributed by atoms with van der Waals surface area (Å²) in [5.41, 5.74) is -6.87. The van der Waals surface area contributed by atoms with E-state index in [1.807, 2.05) is 0 Å². The van der Waals surface area contributed by atoms with Gasteiger partial charge in [0.05, 0.1) is 5.69 Å². The van der Waals surface area contributed by atoms with Crippen molar-refractivity contribution in [2.75, 3.05) is 5.06 Å². The van der Waals surface area contributed by atoms with E-state index in [2.05, 4.69) is 4.99 Å². The third-order valence-electron chi connectivity index (χ3n) is 3.92. The number of hydroxylamine groups is 1. The first-order valence-corrected chi connectivity index (χ1v) is 7.07. The van der Waals surface area contributed by atoms with E-state index < -0.39 is 40.8 Å². The molecular formula is C16H9F7N2O. The number of anilines is 1. The molecular weight excluding hydrogens is 369 g/mol. The molecule has 26 heavy (non-hydrogen) atoms. The van der Waals surface area contributed by atoms with Crippen LogP contribution < -0.4 is 5.06 Å². The van der Waals surface area contributed by atoms with Gasteiger partial charge in [-0.25, -0.2) is 14.4 Å². The normalized spacial score (nSPS) is 16.9. The lowest BCUT2D eigenvalue weighted by molar-refractivity contribution is -0.301. The molecule has 1 heterocycles. The van der Waals surface area contributed by atoms with E-state index in [-0.39, 0.29) is 10.6 Å². The van der Waals surface area contributed by atoms with Crippen molar-refractivity contribution in [2.24, 2.45) is 4.99 Å². The molecule has 0 unspecified atom stereocenters. The molecule has 0 saturated heterocycles. The van der Waals surface area contributed by atoms with Gasteiger partial charge < -0.3 is 0 Å². The Morgan fingerprint density at radius 2 is 1.38 bits per heavy atom. The van der Waals surface area contributed by atoms with Crippen LogP contribution in [-0.2, 0) is 5.54 Å². The van der Waals surface area contributed by atoms with Crippen LogP contribution in [-0.4, -0.2) is 23.4 Å². The number of para-hydroxylation sites is 1. The Morgan fingerprint density at radius 3 is 1.92 bits per heavy atom. The molecule has 0 saturated carbocycles. The van der Waals surface area contributed by atoms with Gasteiger partial charge in [-0.15, -0.1) is 0 Å². The molecule has 3 nitrogen and oxygen atoms in total. The van der Waals surface area contributed by atoms with Crippen molar-refractivity contribution < 1.29 is 35.9 Å². The van der Waals surface area contributed by atoms with Crippen LogP contribution in [0.4, 0.5) is 36.4 Å². The Hall–Kier alpha value is -2.62. The topological polar surface area (TPSA) is 35.8 Å². The summed E-state index contributed by atoms with van der Waals surface area (Å²) in [5.74, 6) is -1.76. The second kappa shape index (κ2) is 5.70. The first kappa shape index (κ1) is 18.2. The molecule has 0 radical (unpaired) electrons. The summed E-state index contributed by atoms with van der Waals surface area (Å²) in [7, 11) is 0. The van der Waals surface area contributed by atoms with Crippen molar-refractivity contribution in [3.63, 3.8) is 0 Å². The zero-order valence-electron chi connectivity index (χ0n) is 12.6. The lowest BCUT2D eigenvalue weighted by Crippen LogP contribution is -2.56. The zero-order valence-corrected chi connectivity index (χ0v) is 12.6. The average Bonchev–Trinajstić information content (AvgIpc) is 2.54. The minimum Gasteiger partial charge on any atom is -0.282 e. The van der Waals surface area contributed by atoms with Gasteiger partial charge in [0.15, 0.2) is 5.84 Å². The largest absolute Gasteiger partial charge is 0.427 e. The summed E-state index contributed by atoms with van der Waals surface area (Å²) in [6.07, 6.45) is -11.7. The molecule has 0 spiro atoms. The maximum absolute atomic E-state index is 13.7. The summed E-state index contributed by atoms with van der Waals surface area (Å²) in [5, 5.41) is 10.3. The van der Waals surface area contributed by atoms with Gasteiger partial charge >= 0.3 is 12.4 Å². The van der Waals surface area contributed by atoms with E-state index in [0.29, 0.717) is 6.07 Å². The fourth-order valence-electron chi connectivity index (χ4n) is 2.72. The molecule has 10 heteroatoms. The van der Waals surface area contributed by atoms with E-state index in [4.69, 9.17) is 0 Å². The van der Waals surface area contributed by atoms with Crippen molar-refractivity contribution in [3.05, 3.63) is 65.5 Å². The van der Waals surface area contributed by atoms with Crippen molar-refractivity contribution in [3.8, 4) is 0 Å². The molecule has 2 aromatic rings. The Kier molecular flexibility index (Phi) is 3.98. The van der Waals surface area contributed by atoms with Gasteiger partial charge in [-0.1, -0.05) is 18.2 Å². The Balaban J connectivity index is 2.38. The summed E-state index contributed by atoms with van der Waals surface area (Å²) in [4.78, 5) is 2.90. The van der Waals surface area contributed by atoms with Gasteiger partial charge in [0.25, 0.3) is 5.54 Å². The van der Waals surface area contributed by atoms with Crippen LogP contribution >= 0.6 is 0 Å². The number of benzene rings is 2. The molecule has 1 aliphatic heterocycles. The van der Waals surface area contributed by atoms with Crippen LogP contribution in [0, 0.1) is 5.82 Å². The first-order valence-electron chi connectivity index (χ1n) is 7.07. The van der Waals surface area contributed by atoms with Crippen LogP contribution in [0.2, 0.25) is 0 Å². The van der Waals surface area contributed by atoms with Crippen molar-refractivity contribution in [2.45, 2.75) is 17.9 Å². The summed E-state index contributed by atoms with van der Waals surface area (Å²) in [6.45, 7) is 0. The van der Waals surface area contributed by atoms with Crippen LogP contribution in [0.15, 0.2) is 53.5 Å². The molecule has 0 fully saturated rings. The van der Waals surface area contributed by atoms with Crippen LogP contribution in [0.5, 0.6) is 0 Å². The van der Waals surface area contributed by atoms with E-state index in [1.165, 1.54) is 6.07 Å². The molecule has 138 valence electrons. The lowest BCUT2D eigenvalue weighted by Gasteiger charge is -2.40. The quantitative estimate of drug-likeness (QED) is 0.724. The average molecular weight is 378 g/mol. The standard InChI is InChI=1S/C16H9F7N2O/c17-10-7-5-9(6-8-10)13-24-14(15(18,19)20,16(21,22)23)11-3-1-2-4-12(11)25(13)26/h1-8,26H. The number of hydrogen-bond acceptors (Lipinski definition) is 3. The number of nitrogens with zero attached hydrogens (tertiary/aromatic N) is 2. The maximum Gasteiger partial charge on any atom is 0.427 e. The van der Waals surface area contributed by atoms with Crippen LogP contribution in [0.1, 0.15) is 11.1 Å². The van der Waals surface area contributed by atoms with Gasteiger partial charge in [0.2, 0.25) is 0 Å². The predicted octanol–water partition coefficient (Wildman–Crippen LogP) is 4.80. The second-order valence-electron chi connectivity index (χ2n) is 5.48. The highest BCUT2D eigenvalue weighted by atomic mass is 19.4. The highest BCUT2D eigenvalue weighted by Gasteiger charge is 2.74. The number of hydrogen-bond donors (Lipinski definition) is 1. The summed E-state index contributed by atoms with van der Waals surface area (Å²) in [6, 6.07) is 7.16. The number of fused-ring (bicyclic) bond motifs is 1. The molecule has 0 aliphatic carbocycles. The smallest absolute Gasteiger partial charge is 0.282 e. The molecule has 0 atom stereocenters. The highest BCUT2D eigenvalue weighted by Crippen LogP contribution is 2.57. The van der Waals surface area contributed by atoms with Gasteiger partial charge in [0.1, 0.15) is 5.82 Å². The fraction of sp³-hybridized carbons (Fsp3) is 0.188. The van der Waals surface area contributed by atoms with E-state index in [1.54, 1.807) is 0 Å². The molecule has 0 aromatic heterocycles. The molecule has 3 rings (SSSR count). The number of halogens is 7. The number of alkyl halides is 6. The van der Waals surface area contributed by atoms with Gasteiger partial charge in [0, 0.05) is 11.1 Å². The second-order valence-corrected chi connectivity index (χ2v) is 5.48. The van der Waals surface area contributed by atoms with Crippen molar-refractivity contribution >= 4 is 11.5 Å². The maximum atomic E-state index is 13.7. The Morgan fingerprint density at radius 1 is 0.846 bits per heavy atom. The molecule has 0 amide bonds. The van der Waals surface area contributed by atoms with E-state index in [9.17, 15) is 35.9 Å². The number of amidine groups is 1. The SMILES string of the molecule is ON1C(c2ccc(F)cc2)=NC(C(F)(F)F)(C(F)(F)F)c2ccccc21. The first-order chi connectivity index (χ1) is 12.0. The molecule has 2 aromatic carbocycles. The third-order valence-corrected chi connectivity index (χ3v) is 3.92. The Labute approximate surface area is 142 Å². The monoisotopic (exact) mass is 378 g/mol. The molecule has 0 bridgehead atoms. The van der Waals surface area contributed by atoms with Gasteiger partial charge in [-0.3, -0.25) is 5.21 Å². The zero-order chi connectivity index (χ0) is 19.3. The summed E-state index contributed by atoms with van der Waals surface area (Å²) >= 11 is 0. The molecule has 1 aliphatic rings. The fourth-order valence-corrected chi connectivity index (χ4v) is 2.72. The highest BCUT2D eigenvalue weighted by molar-refractivity contribution is 6.10. The lowest BCUT2D eigenvalue weighted by atomic mass is 9.85. The van der Waals surface area contributed by atoms with Crippen molar-refractivity contribution in [1.29, 1.82) is 0 Å². The van der Waals surface area contributed by atoms with Crippen LogP contribution in [0.3, 0.4) is 0 Å². The van der Waals surface area contributed by atoms with E-state index in [0.717, 1.165) is 36.4 Å². The van der Waals surface area contributed by atoms with Gasteiger partial charge in [-0.05, 0) is 30.3 Å². The number of rotatable bonds is 1. The van der Waals surface area contributed by atoms with Crippen LogP contribution in [0.25, 0.3) is 0 Å². The predicted molar refractivity (Wildman–Crippen MR) is 77.4 cm³/mol. The van der Waals surface area contributed by atoms with Crippen molar-refractivity contribution in [1.82, 2.24) is 0 Å². The summed E-state index contributed by atoms with van der Waals surface area (Å²) < 4.78 is 95.0. The number of aliphatic imine (C=N–C) groups is 1. The molecule has 1 N–H and O–H groups in total.